The van der Waals surface area contributed by atoms with Gasteiger partial charge in [0.25, 0.3) is 0 Å². The fourth-order valence-corrected chi connectivity index (χ4v) is 1.67. The fourth-order valence-electron chi connectivity index (χ4n) is 1.67. The summed E-state index contributed by atoms with van der Waals surface area (Å²) in [6, 6.07) is 7.04. The molecule has 0 bridgehead atoms. The van der Waals surface area contributed by atoms with Crippen molar-refractivity contribution in [2.24, 2.45) is 0 Å². The van der Waals surface area contributed by atoms with E-state index >= 15 is 0 Å². The van der Waals surface area contributed by atoms with Crippen molar-refractivity contribution >= 4 is 11.2 Å². The quantitative estimate of drug-likeness (QED) is 0.692. The summed E-state index contributed by atoms with van der Waals surface area (Å²) in [5.41, 5.74) is 0.513. The average Bonchev–Trinajstić information content (AvgIpc) is 2.47. The molecule has 0 aliphatic carbocycles. The Morgan fingerprint density at radius 1 is 1.11 bits per heavy atom. The van der Waals surface area contributed by atoms with Crippen LogP contribution in [0.1, 0.15) is 0 Å². The van der Waals surface area contributed by atoms with E-state index in [4.69, 9.17) is 9.15 Å². The van der Waals surface area contributed by atoms with Gasteiger partial charge in [0.1, 0.15) is 5.75 Å². The topological polar surface area (TPSA) is 78.1 Å². The van der Waals surface area contributed by atoms with E-state index in [1.54, 1.807) is 31.4 Å². The minimum Gasteiger partial charge on any atom is -0.497 e. The van der Waals surface area contributed by atoms with Crippen molar-refractivity contribution in [2.45, 2.75) is 0 Å². The Bertz CT molecular complexity index is 781. The SMILES string of the molecule is COc1ccc(-c2nc3nccnc3c(=O)o2)cc1. The van der Waals surface area contributed by atoms with Crippen molar-refractivity contribution in [1.82, 2.24) is 15.0 Å². The van der Waals surface area contributed by atoms with Gasteiger partial charge in [-0.05, 0) is 24.3 Å². The molecule has 6 nitrogen and oxygen atoms in total. The van der Waals surface area contributed by atoms with Crippen LogP contribution in [0, 0.1) is 0 Å². The van der Waals surface area contributed by atoms with E-state index in [0.717, 1.165) is 0 Å². The number of hydrogen-bond donors (Lipinski definition) is 0. The first-order chi connectivity index (χ1) is 9.28. The summed E-state index contributed by atoms with van der Waals surface area (Å²) in [6.07, 6.45) is 2.90. The molecule has 0 amide bonds. The lowest BCUT2D eigenvalue weighted by molar-refractivity contribution is 0.415. The lowest BCUT2D eigenvalue weighted by Crippen LogP contribution is -2.05. The number of ether oxygens (including phenoxy) is 1. The van der Waals surface area contributed by atoms with Crippen LogP contribution in [0.2, 0.25) is 0 Å². The van der Waals surface area contributed by atoms with Crippen LogP contribution >= 0.6 is 0 Å². The van der Waals surface area contributed by atoms with Gasteiger partial charge < -0.3 is 9.15 Å². The van der Waals surface area contributed by atoms with E-state index in [0.29, 0.717) is 11.3 Å². The molecule has 0 saturated heterocycles. The van der Waals surface area contributed by atoms with E-state index < -0.39 is 5.63 Å². The number of aromatic nitrogens is 3. The van der Waals surface area contributed by atoms with Crippen molar-refractivity contribution in [3.05, 3.63) is 47.1 Å². The van der Waals surface area contributed by atoms with Crippen molar-refractivity contribution in [1.29, 1.82) is 0 Å². The van der Waals surface area contributed by atoms with Crippen LogP contribution in [0.3, 0.4) is 0 Å². The van der Waals surface area contributed by atoms with Gasteiger partial charge in [-0.1, -0.05) is 0 Å². The second kappa shape index (κ2) is 4.49. The van der Waals surface area contributed by atoms with Crippen LogP contribution in [-0.2, 0) is 0 Å². The third kappa shape index (κ3) is 2.03. The van der Waals surface area contributed by atoms with Crippen molar-refractivity contribution in [3.8, 4) is 17.2 Å². The molecule has 6 heteroatoms. The molecule has 0 N–H and O–H groups in total. The number of methoxy groups -OCH3 is 1. The first-order valence-electron chi connectivity index (χ1n) is 5.54. The highest BCUT2D eigenvalue weighted by Gasteiger charge is 2.09. The maximum atomic E-state index is 11.8. The first-order valence-corrected chi connectivity index (χ1v) is 5.54. The summed E-state index contributed by atoms with van der Waals surface area (Å²) in [6.45, 7) is 0. The molecule has 0 atom stereocenters. The molecule has 94 valence electrons. The summed E-state index contributed by atoms with van der Waals surface area (Å²) in [5.74, 6) is 0.923. The maximum absolute atomic E-state index is 11.8. The Labute approximate surface area is 107 Å². The zero-order valence-corrected chi connectivity index (χ0v) is 10.0. The van der Waals surface area contributed by atoms with Crippen LogP contribution in [0.4, 0.5) is 0 Å². The van der Waals surface area contributed by atoms with Crippen LogP contribution in [-0.4, -0.2) is 22.1 Å². The lowest BCUT2D eigenvalue weighted by atomic mass is 10.2. The zero-order valence-electron chi connectivity index (χ0n) is 10.0. The van der Waals surface area contributed by atoms with Gasteiger partial charge >= 0.3 is 5.63 Å². The standard InChI is InChI=1S/C13H9N3O3/c1-18-9-4-2-8(3-5-9)12-16-11-10(13(17)19-12)14-6-7-15-11/h2-7H,1H3. The molecule has 0 aliphatic heterocycles. The van der Waals surface area contributed by atoms with E-state index in [1.807, 2.05) is 0 Å². The molecule has 0 aliphatic rings. The molecule has 19 heavy (non-hydrogen) atoms. The van der Waals surface area contributed by atoms with E-state index in [1.165, 1.54) is 12.4 Å². The molecular weight excluding hydrogens is 246 g/mol. The van der Waals surface area contributed by atoms with Crippen molar-refractivity contribution in [2.75, 3.05) is 7.11 Å². The summed E-state index contributed by atoms with van der Waals surface area (Å²) in [7, 11) is 1.58. The Kier molecular flexibility index (Phi) is 2.68. The Balaban J connectivity index is 2.16. The normalized spacial score (nSPS) is 10.6. The van der Waals surface area contributed by atoms with Gasteiger partial charge in [-0.25, -0.2) is 14.8 Å². The van der Waals surface area contributed by atoms with E-state index in [9.17, 15) is 4.79 Å². The molecule has 0 fully saturated rings. The molecule has 0 radical (unpaired) electrons. The fraction of sp³-hybridized carbons (Fsp3) is 0.0769. The van der Waals surface area contributed by atoms with Crippen molar-refractivity contribution in [3.63, 3.8) is 0 Å². The summed E-state index contributed by atoms with van der Waals surface area (Å²) < 4.78 is 10.2. The smallest absolute Gasteiger partial charge is 0.367 e. The monoisotopic (exact) mass is 255 g/mol. The van der Waals surface area contributed by atoms with Gasteiger partial charge in [-0.2, -0.15) is 4.98 Å². The highest BCUT2D eigenvalue weighted by Crippen LogP contribution is 2.20. The van der Waals surface area contributed by atoms with Crippen LogP contribution in [0.15, 0.2) is 45.9 Å². The maximum Gasteiger partial charge on any atom is 0.367 e. The van der Waals surface area contributed by atoms with Crippen molar-refractivity contribution < 1.29 is 9.15 Å². The van der Waals surface area contributed by atoms with Gasteiger partial charge in [0.2, 0.25) is 5.89 Å². The minimum atomic E-state index is -0.552. The number of nitrogens with zero attached hydrogens (tertiary/aromatic N) is 3. The third-order valence-electron chi connectivity index (χ3n) is 2.61. The summed E-state index contributed by atoms with van der Waals surface area (Å²) in [4.78, 5) is 23.8. The van der Waals surface area contributed by atoms with Gasteiger partial charge in [0.05, 0.1) is 7.11 Å². The molecular formula is C13H9N3O3. The van der Waals surface area contributed by atoms with E-state index in [-0.39, 0.29) is 17.1 Å². The number of rotatable bonds is 2. The predicted molar refractivity (Wildman–Crippen MR) is 67.9 cm³/mol. The highest BCUT2D eigenvalue weighted by atomic mass is 16.5. The van der Waals surface area contributed by atoms with E-state index in [2.05, 4.69) is 15.0 Å². The number of hydrogen-bond acceptors (Lipinski definition) is 6. The molecule has 3 rings (SSSR count). The lowest BCUT2D eigenvalue weighted by Gasteiger charge is -2.02. The van der Waals surface area contributed by atoms with Crippen LogP contribution in [0.25, 0.3) is 22.6 Å². The number of fused-ring (bicyclic) bond motifs is 1. The Morgan fingerprint density at radius 3 is 2.58 bits per heavy atom. The van der Waals surface area contributed by atoms with Crippen LogP contribution < -0.4 is 10.4 Å². The molecule has 1 aromatic carbocycles. The Hall–Kier alpha value is -2.76. The number of benzene rings is 1. The van der Waals surface area contributed by atoms with Gasteiger partial charge in [0.15, 0.2) is 11.2 Å². The van der Waals surface area contributed by atoms with Gasteiger partial charge in [-0.15, -0.1) is 0 Å². The molecule has 0 saturated carbocycles. The third-order valence-corrected chi connectivity index (χ3v) is 2.61. The Morgan fingerprint density at radius 2 is 1.84 bits per heavy atom. The predicted octanol–water partition coefficient (Wildman–Crippen LogP) is 1.65. The second-order valence-corrected chi connectivity index (χ2v) is 3.76. The molecule has 0 spiro atoms. The zero-order chi connectivity index (χ0) is 13.2. The molecule has 2 heterocycles. The molecule has 3 aromatic rings. The summed E-state index contributed by atoms with van der Waals surface area (Å²) in [5, 5.41) is 0. The first kappa shape index (κ1) is 11.3. The average molecular weight is 255 g/mol. The molecule has 0 unspecified atom stereocenters. The summed E-state index contributed by atoms with van der Waals surface area (Å²) >= 11 is 0. The molecule has 2 aromatic heterocycles. The van der Waals surface area contributed by atoms with Gasteiger partial charge in [0, 0.05) is 18.0 Å². The largest absolute Gasteiger partial charge is 0.497 e. The second-order valence-electron chi connectivity index (χ2n) is 3.76. The minimum absolute atomic E-state index is 0.125. The van der Waals surface area contributed by atoms with Crippen LogP contribution in [0.5, 0.6) is 5.75 Å². The van der Waals surface area contributed by atoms with Gasteiger partial charge in [-0.3, -0.25) is 0 Å². The highest BCUT2D eigenvalue weighted by molar-refractivity contribution is 5.69.